The van der Waals surface area contributed by atoms with Crippen molar-refractivity contribution in [3.63, 3.8) is 0 Å². The SMILES string of the molecule is CCC(C)(O)CNC1CC(c2cccc(F)c2)C1. The normalized spacial score (nSPS) is 26.4. The van der Waals surface area contributed by atoms with Crippen LogP contribution in [-0.4, -0.2) is 23.3 Å². The average Bonchev–Trinajstić information content (AvgIpc) is 2.27. The topological polar surface area (TPSA) is 32.3 Å². The number of halogens is 1. The molecule has 0 spiro atoms. The van der Waals surface area contributed by atoms with Crippen molar-refractivity contribution in [2.45, 2.75) is 50.7 Å². The Kier molecular flexibility index (Phi) is 4.03. The lowest BCUT2D eigenvalue weighted by Gasteiger charge is -2.38. The van der Waals surface area contributed by atoms with Gasteiger partial charge in [-0.2, -0.15) is 0 Å². The molecule has 0 amide bonds. The van der Waals surface area contributed by atoms with E-state index in [0.717, 1.165) is 24.8 Å². The van der Waals surface area contributed by atoms with Crippen molar-refractivity contribution in [2.75, 3.05) is 6.54 Å². The van der Waals surface area contributed by atoms with Crippen LogP contribution in [0.3, 0.4) is 0 Å². The van der Waals surface area contributed by atoms with Gasteiger partial charge in [-0.25, -0.2) is 4.39 Å². The molecule has 1 aliphatic carbocycles. The lowest BCUT2D eigenvalue weighted by Crippen LogP contribution is -2.47. The summed E-state index contributed by atoms with van der Waals surface area (Å²) in [5, 5.41) is 13.3. The number of rotatable bonds is 5. The van der Waals surface area contributed by atoms with Gasteiger partial charge in [0, 0.05) is 12.6 Å². The number of nitrogens with one attached hydrogen (secondary N) is 1. The van der Waals surface area contributed by atoms with Gasteiger partial charge in [0.15, 0.2) is 0 Å². The molecule has 0 bridgehead atoms. The molecule has 18 heavy (non-hydrogen) atoms. The zero-order valence-electron chi connectivity index (χ0n) is 11.1. The molecule has 0 aliphatic heterocycles. The Hall–Kier alpha value is -0.930. The fraction of sp³-hybridized carbons (Fsp3) is 0.600. The first kappa shape index (κ1) is 13.5. The Morgan fingerprint density at radius 3 is 2.78 bits per heavy atom. The van der Waals surface area contributed by atoms with E-state index in [4.69, 9.17) is 0 Å². The molecule has 0 aromatic heterocycles. The summed E-state index contributed by atoms with van der Waals surface area (Å²) < 4.78 is 13.1. The maximum Gasteiger partial charge on any atom is 0.123 e. The fourth-order valence-corrected chi connectivity index (χ4v) is 2.31. The highest BCUT2D eigenvalue weighted by atomic mass is 19.1. The van der Waals surface area contributed by atoms with Gasteiger partial charge in [0.1, 0.15) is 5.82 Å². The van der Waals surface area contributed by atoms with Crippen LogP contribution >= 0.6 is 0 Å². The van der Waals surface area contributed by atoms with Crippen LogP contribution in [0.2, 0.25) is 0 Å². The van der Waals surface area contributed by atoms with Crippen LogP contribution in [0.1, 0.15) is 44.6 Å². The lowest BCUT2D eigenvalue weighted by molar-refractivity contribution is 0.0482. The summed E-state index contributed by atoms with van der Waals surface area (Å²) in [6.45, 7) is 4.46. The first-order valence-electron chi connectivity index (χ1n) is 6.71. The van der Waals surface area contributed by atoms with Crippen molar-refractivity contribution in [3.8, 4) is 0 Å². The number of aliphatic hydroxyl groups is 1. The van der Waals surface area contributed by atoms with Gasteiger partial charge < -0.3 is 10.4 Å². The third-order valence-electron chi connectivity index (χ3n) is 3.99. The predicted molar refractivity (Wildman–Crippen MR) is 71.1 cm³/mol. The van der Waals surface area contributed by atoms with Crippen molar-refractivity contribution in [1.82, 2.24) is 5.32 Å². The highest BCUT2D eigenvalue weighted by Crippen LogP contribution is 2.37. The summed E-state index contributed by atoms with van der Waals surface area (Å²) in [6, 6.07) is 7.33. The molecule has 0 radical (unpaired) electrons. The minimum absolute atomic E-state index is 0.155. The Morgan fingerprint density at radius 2 is 2.17 bits per heavy atom. The Labute approximate surface area is 108 Å². The third kappa shape index (κ3) is 3.30. The molecule has 1 aromatic rings. The summed E-state index contributed by atoms with van der Waals surface area (Å²) in [4.78, 5) is 0. The van der Waals surface area contributed by atoms with Gasteiger partial charge in [0.05, 0.1) is 5.60 Å². The van der Waals surface area contributed by atoms with Crippen molar-refractivity contribution in [1.29, 1.82) is 0 Å². The first-order chi connectivity index (χ1) is 8.50. The van der Waals surface area contributed by atoms with Crippen molar-refractivity contribution < 1.29 is 9.50 Å². The highest BCUT2D eigenvalue weighted by molar-refractivity contribution is 5.23. The molecule has 100 valence electrons. The second-order valence-corrected chi connectivity index (χ2v) is 5.65. The van der Waals surface area contributed by atoms with Crippen LogP contribution in [0.15, 0.2) is 24.3 Å². The molecule has 2 N–H and O–H groups in total. The van der Waals surface area contributed by atoms with E-state index in [-0.39, 0.29) is 5.82 Å². The largest absolute Gasteiger partial charge is 0.389 e. The first-order valence-corrected chi connectivity index (χ1v) is 6.71. The second kappa shape index (κ2) is 5.37. The van der Waals surface area contributed by atoms with Gasteiger partial charge in [0.25, 0.3) is 0 Å². The van der Waals surface area contributed by atoms with E-state index >= 15 is 0 Å². The van der Waals surface area contributed by atoms with Gasteiger partial charge >= 0.3 is 0 Å². The van der Waals surface area contributed by atoms with Crippen LogP contribution in [0, 0.1) is 5.82 Å². The van der Waals surface area contributed by atoms with Crippen molar-refractivity contribution >= 4 is 0 Å². The molecule has 1 atom stereocenters. The van der Waals surface area contributed by atoms with Crippen LogP contribution in [0.5, 0.6) is 0 Å². The van der Waals surface area contributed by atoms with Crippen LogP contribution in [0.25, 0.3) is 0 Å². The zero-order valence-corrected chi connectivity index (χ0v) is 11.1. The number of benzene rings is 1. The Balaban J connectivity index is 1.77. The standard InChI is InChI=1S/C15H22FNO/c1-3-15(2,18)10-17-14-8-12(9-14)11-5-4-6-13(16)7-11/h4-7,12,14,17-18H,3,8-10H2,1-2H3. The van der Waals surface area contributed by atoms with E-state index in [0.29, 0.717) is 18.5 Å². The molecule has 0 heterocycles. The molecule has 2 nitrogen and oxygen atoms in total. The molecule has 1 fully saturated rings. The van der Waals surface area contributed by atoms with Crippen LogP contribution < -0.4 is 5.32 Å². The summed E-state index contributed by atoms with van der Waals surface area (Å²) >= 11 is 0. The fourth-order valence-electron chi connectivity index (χ4n) is 2.31. The van der Waals surface area contributed by atoms with Gasteiger partial charge in [0.2, 0.25) is 0 Å². The van der Waals surface area contributed by atoms with Crippen LogP contribution in [-0.2, 0) is 0 Å². The minimum Gasteiger partial charge on any atom is -0.389 e. The van der Waals surface area contributed by atoms with Gasteiger partial charge in [-0.15, -0.1) is 0 Å². The van der Waals surface area contributed by atoms with Crippen molar-refractivity contribution in [3.05, 3.63) is 35.6 Å². The summed E-state index contributed by atoms with van der Waals surface area (Å²) in [6.07, 6.45) is 2.81. The lowest BCUT2D eigenvalue weighted by atomic mass is 9.75. The van der Waals surface area contributed by atoms with Gasteiger partial charge in [-0.05, 0) is 49.8 Å². The Morgan fingerprint density at radius 1 is 1.44 bits per heavy atom. The molecule has 1 aromatic carbocycles. The van der Waals surface area contributed by atoms with E-state index in [1.807, 2.05) is 19.9 Å². The molecule has 3 heteroatoms. The van der Waals surface area contributed by atoms with Crippen molar-refractivity contribution in [2.24, 2.45) is 0 Å². The summed E-state index contributed by atoms with van der Waals surface area (Å²) in [5.41, 5.74) is 0.472. The molecule has 1 aliphatic rings. The molecular formula is C15H22FNO. The maximum absolute atomic E-state index is 13.1. The molecular weight excluding hydrogens is 229 g/mol. The van der Waals surface area contributed by atoms with E-state index in [1.54, 1.807) is 12.1 Å². The Bertz CT molecular complexity index is 399. The predicted octanol–water partition coefficient (Wildman–Crippen LogP) is 2.82. The van der Waals surface area contributed by atoms with E-state index in [1.165, 1.54) is 6.07 Å². The molecule has 0 saturated heterocycles. The summed E-state index contributed by atoms with van der Waals surface area (Å²) in [7, 11) is 0. The highest BCUT2D eigenvalue weighted by Gasteiger charge is 2.31. The van der Waals surface area contributed by atoms with E-state index < -0.39 is 5.60 Å². The minimum atomic E-state index is -0.621. The maximum atomic E-state index is 13.1. The third-order valence-corrected chi connectivity index (χ3v) is 3.99. The molecule has 2 rings (SSSR count). The average molecular weight is 251 g/mol. The smallest absolute Gasteiger partial charge is 0.123 e. The molecule has 1 unspecified atom stereocenters. The number of hydrogen-bond donors (Lipinski definition) is 2. The zero-order chi connectivity index (χ0) is 13.2. The molecule has 1 saturated carbocycles. The quantitative estimate of drug-likeness (QED) is 0.843. The van der Waals surface area contributed by atoms with E-state index in [2.05, 4.69) is 5.32 Å². The summed E-state index contributed by atoms with van der Waals surface area (Å²) in [5.74, 6) is 0.308. The monoisotopic (exact) mass is 251 g/mol. The van der Waals surface area contributed by atoms with Gasteiger partial charge in [-0.1, -0.05) is 19.1 Å². The second-order valence-electron chi connectivity index (χ2n) is 5.65. The van der Waals surface area contributed by atoms with Gasteiger partial charge in [-0.3, -0.25) is 0 Å². The van der Waals surface area contributed by atoms with Crippen LogP contribution in [0.4, 0.5) is 4.39 Å². The number of hydrogen-bond acceptors (Lipinski definition) is 2. The van der Waals surface area contributed by atoms with E-state index in [9.17, 15) is 9.50 Å².